The summed E-state index contributed by atoms with van der Waals surface area (Å²) < 4.78 is 0. The molecule has 10 heteroatoms. The summed E-state index contributed by atoms with van der Waals surface area (Å²) >= 11 is 0. The molecule has 1 saturated heterocycles. The van der Waals surface area contributed by atoms with Crippen LogP contribution in [0, 0.1) is 5.92 Å². The summed E-state index contributed by atoms with van der Waals surface area (Å²) in [7, 11) is 0. The van der Waals surface area contributed by atoms with Gasteiger partial charge in [-0.05, 0) is 50.3 Å². The lowest BCUT2D eigenvalue weighted by atomic mass is 9.89. The lowest BCUT2D eigenvalue weighted by molar-refractivity contribution is -0.142. The van der Waals surface area contributed by atoms with Crippen LogP contribution in [0.1, 0.15) is 48.0 Å². The maximum atomic E-state index is 13.4. The number of unbranched alkanes of at least 4 members (excludes halogenated alkanes) is 1. The number of aromatic amines is 1. The van der Waals surface area contributed by atoms with Gasteiger partial charge < -0.3 is 31.4 Å². The number of hydrogen-bond donors (Lipinski definition) is 5. The van der Waals surface area contributed by atoms with Crippen LogP contribution < -0.4 is 16.4 Å². The summed E-state index contributed by atoms with van der Waals surface area (Å²) in [5, 5.41) is 16.0. The number of amides is 3. The second-order valence-corrected chi connectivity index (χ2v) is 10.2. The summed E-state index contributed by atoms with van der Waals surface area (Å²) in [5.41, 5.74) is 7.93. The number of piperidine rings is 1. The number of aromatic nitrogens is 1. The first kappa shape index (κ1) is 28.8. The van der Waals surface area contributed by atoms with Gasteiger partial charge >= 0.3 is 12.0 Å². The molecule has 0 spiro atoms. The molecule has 0 radical (unpaired) electrons. The number of Topliss-reactive ketones (excluding diaryl/α,β-unsaturated/α-hetero) is 1. The van der Waals surface area contributed by atoms with E-state index in [-0.39, 0.29) is 24.5 Å². The van der Waals surface area contributed by atoms with Crippen molar-refractivity contribution in [3.63, 3.8) is 0 Å². The van der Waals surface area contributed by atoms with Crippen LogP contribution in [0.15, 0.2) is 60.8 Å². The molecular formula is C30H37N5O5. The second-order valence-electron chi connectivity index (χ2n) is 10.2. The number of rotatable bonds is 12. The number of nitrogens with zero attached hydrogens (tertiary/aromatic N) is 1. The predicted molar refractivity (Wildman–Crippen MR) is 152 cm³/mol. The first-order chi connectivity index (χ1) is 19.4. The molecule has 2 aromatic carbocycles. The van der Waals surface area contributed by atoms with Gasteiger partial charge in [-0.1, -0.05) is 48.5 Å². The fraction of sp³-hybridized carbons (Fsp3) is 0.400. The highest BCUT2D eigenvalue weighted by Crippen LogP contribution is 2.23. The molecule has 0 saturated carbocycles. The Morgan fingerprint density at radius 3 is 2.35 bits per heavy atom. The van der Waals surface area contributed by atoms with E-state index in [0.717, 1.165) is 16.5 Å². The average molecular weight is 548 g/mol. The highest BCUT2D eigenvalue weighted by atomic mass is 16.4. The molecule has 0 bridgehead atoms. The van der Waals surface area contributed by atoms with Crippen molar-refractivity contribution in [2.24, 2.45) is 11.7 Å². The number of carboxylic acids is 1. The number of benzene rings is 2. The smallest absolute Gasteiger partial charge is 0.326 e. The van der Waals surface area contributed by atoms with Gasteiger partial charge in [0.1, 0.15) is 12.1 Å². The minimum atomic E-state index is -1.13. The third-order valence-corrected chi connectivity index (χ3v) is 7.49. The first-order valence-corrected chi connectivity index (χ1v) is 13.8. The van der Waals surface area contributed by atoms with Crippen molar-refractivity contribution < 1.29 is 24.3 Å². The zero-order valence-electron chi connectivity index (χ0n) is 22.5. The Labute approximate surface area is 233 Å². The summed E-state index contributed by atoms with van der Waals surface area (Å²) in [6, 6.07) is 14.3. The SMILES string of the molecule is NCCCCC(NC(=O)C(Cc1c[nH]c2ccccc12)NC(=O)N1CCC(C(=O)c2ccccc2)CC1)C(=O)O. The third-order valence-electron chi connectivity index (χ3n) is 7.49. The Bertz CT molecular complexity index is 1320. The molecule has 1 fully saturated rings. The van der Waals surface area contributed by atoms with Gasteiger partial charge in [-0.3, -0.25) is 9.59 Å². The Morgan fingerprint density at radius 2 is 1.65 bits per heavy atom. The van der Waals surface area contributed by atoms with Crippen molar-refractivity contribution in [3.05, 3.63) is 71.9 Å². The number of hydrogen-bond acceptors (Lipinski definition) is 5. The van der Waals surface area contributed by atoms with Crippen molar-refractivity contribution in [2.45, 2.75) is 50.6 Å². The van der Waals surface area contributed by atoms with Crippen LogP contribution in [-0.4, -0.2) is 70.4 Å². The van der Waals surface area contributed by atoms with Gasteiger partial charge in [0.05, 0.1) is 0 Å². The Hall–Kier alpha value is -4.18. The number of aliphatic carboxylic acids is 1. The van der Waals surface area contributed by atoms with E-state index in [4.69, 9.17) is 5.73 Å². The zero-order chi connectivity index (χ0) is 28.5. The van der Waals surface area contributed by atoms with E-state index in [0.29, 0.717) is 50.9 Å². The fourth-order valence-electron chi connectivity index (χ4n) is 5.18. The highest BCUT2D eigenvalue weighted by Gasteiger charge is 2.32. The molecule has 0 aliphatic carbocycles. The Balaban J connectivity index is 1.44. The molecule has 3 aromatic rings. The molecule has 2 unspecified atom stereocenters. The van der Waals surface area contributed by atoms with Crippen LogP contribution in [0.5, 0.6) is 0 Å². The van der Waals surface area contributed by atoms with Gasteiger partial charge in [0.2, 0.25) is 5.91 Å². The van der Waals surface area contributed by atoms with Crippen LogP contribution in [0.25, 0.3) is 10.9 Å². The second kappa shape index (κ2) is 13.7. The first-order valence-electron chi connectivity index (χ1n) is 13.8. The van der Waals surface area contributed by atoms with Gasteiger partial charge in [-0.15, -0.1) is 0 Å². The maximum Gasteiger partial charge on any atom is 0.326 e. The summed E-state index contributed by atoms with van der Waals surface area (Å²) in [6.45, 7) is 1.20. The number of urea groups is 1. The van der Waals surface area contributed by atoms with Crippen molar-refractivity contribution in [3.8, 4) is 0 Å². The fourth-order valence-corrected chi connectivity index (χ4v) is 5.18. The molecule has 6 N–H and O–H groups in total. The third kappa shape index (κ3) is 7.26. The largest absolute Gasteiger partial charge is 0.480 e. The van der Waals surface area contributed by atoms with Crippen LogP contribution in [0.4, 0.5) is 4.79 Å². The number of para-hydroxylation sites is 1. The summed E-state index contributed by atoms with van der Waals surface area (Å²) in [5.74, 6) is -1.78. The van der Waals surface area contributed by atoms with Gasteiger partial charge in [0, 0.05) is 48.1 Å². The Morgan fingerprint density at radius 1 is 0.950 bits per heavy atom. The summed E-state index contributed by atoms with van der Waals surface area (Å²) in [6.07, 6.45) is 4.50. The Kier molecular flexibility index (Phi) is 9.91. The predicted octanol–water partition coefficient (Wildman–Crippen LogP) is 3.08. The minimum Gasteiger partial charge on any atom is -0.480 e. The number of fused-ring (bicyclic) bond motifs is 1. The lowest BCUT2D eigenvalue weighted by Gasteiger charge is -2.32. The number of likely N-dealkylation sites (tertiary alicyclic amines) is 1. The molecule has 2 atom stereocenters. The number of carbonyl (C=O) groups is 4. The molecule has 4 rings (SSSR count). The molecular weight excluding hydrogens is 510 g/mol. The minimum absolute atomic E-state index is 0.0756. The molecule has 1 aliphatic rings. The van der Waals surface area contributed by atoms with Crippen LogP contribution in [0.2, 0.25) is 0 Å². The molecule has 3 amide bonds. The summed E-state index contributed by atoms with van der Waals surface area (Å²) in [4.78, 5) is 56.1. The molecule has 40 heavy (non-hydrogen) atoms. The maximum absolute atomic E-state index is 13.4. The quantitative estimate of drug-likeness (QED) is 0.173. The van der Waals surface area contributed by atoms with Gasteiger partial charge in [0.25, 0.3) is 0 Å². The van der Waals surface area contributed by atoms with Gasteiger partial charge in [-0.25, -0.2) is 9.59 Å². The number of H-pyrrole nitrogens is 1. The van der Waals surface area contributed by atoms with Crippen molar-refractivity contribution in [1.82, 2.24) is 20.5 Å². The zero-order valence-corrected chi connectivity index (χ0v) is 22.5. The highest BCUT2D eigenvalue weighted by molar-refractivity contribution is 5.98. The number of nitrogens with two attached hydrogens (primary N) is 1. The molecule has 2 heterocycles. The van der Waals surface area contributed by atoms with E-state index in [1.165, 1.54) is 0 Å². The van der Waals surface area contributed by atoms with Crippen molar-refractivity contribution in [1.29, 1.82) is 0 Å². The van der Waals surface area contributed by atoms with E-state index >= 15 is 0 Å². The van der Waals surface area contributed by atoms with Crippen molar-refractivity contribution >= 4 is 34.6 Å². The van der Waals surface area contributed by atoms with E-state index in [9.17, 15) is 24.3 Å². The number of nitrogens with one attached hydrogen (secondary N) is 3. The molecule has 1 aliphatic heterocycles. The standard InChI is InChI=1S/C30H37N5O5/c31-15-7-6-12-25(29(38)39)33-28(37)26(18-22-19-32-24-11-5-4-10-23(22)24)34-30(40)35-16-13-21(14-17-35)27(36)20-8-2-1-3-9-20/h1-5,8-11,19,21,25-26,32H,6-7,12-18,31H2,(H,33,37)(H,34,40)(H,38,39). The average Bonchev–Trinajstić information content (AvgIpc) is 3.39. The van der Waals surface area contributed by atoms with Crippen molar-refractivity contribution in [2.75, 3.05) is 19.6 Å². The van der Waals surface area contributed by atoms with Crippen LogP contribution >= 0.6 is 0 Å². The van der Waals surface area contributed by atoms with Crippen LogP contribution in [-0.2, 0) is 16.0 Å². The van der Waals surface area contributed by atoms with E-state index in [1.807, 2.05) is 42.5 Å². The monoisotopic (exact) mass is 547 g/mol. The van der Waals surface area contributed by atoms with E-state index in [2.05, 4.69) is 15.6 Å². The molecule has 10 nitrogen and oxygen atoms in total. The van der Waals surface area contributed by atoms with Gasteiger partial charge in [0.15, 0.2) is 5.78 Å². The van der Waals surface area contributed by atoms with E-state index in [1.54, 1.807) is 23.2 Å². The number of ketones is 1. The number of carbonyl (C=O) groups excluding carboxylic acids is 3. The van der Waals surface area contributed by atoms with Crippen LogP contribution in [0.3, 0.4) is 0 Å². The topological polar surface area (TPSA) is 158 Å². The molecule has 1 aromatic heterocycles. The number of carboxylic acid groups (broad SMARTS) is 1. The van der Waals surface area contributed by atoms with E-state index < -0.39 is 30.0 Å². The lowest BCUT2D eigenvalue weighted by Crippen LogP contribution is -2.56. The molecule has 212 valence electrons. The van der Waals surface area contributed by atoms with Gasteiger partial charge in [-0.2, -0.15) is 0 Å². The normalized spacial score (nSPS) is 15.4.